The van der Waals surface area contributed by atoms with Crippen molar-refractivity contribution in [2.45, 2.75) is 12.3 Å². The highest BCUT2D eigenvalue weighted by atomic mass is 32.1. The number of benzene rings is 1. The number of rotatable bonds is 6. The highest BCUT2D eigenvalue weighted by Gasteiger charge is 2.33. The third-order valence-electron chi connectivity index (χ3n) is 3.06. The molecule has 0 saturated heterocycles. The number of aliphatic hydroxyl groups is 1. The zero-order chi connectivity index (χ0) is 17.2. The molecular formula is C14H13F3N2O4S. The molecule has 1 aromatic carbocycles. The maximum atomic E-state index is 12.5. The minimum atomic E-state index is -4.42. The number of anilines is 1. The van der Waals surface area contributed by atoms with Gasteiger partial charge in [-0.25, -0.2) is 4.98 Å². The zero-order valence-electron chi connectivity index (χ0n) is 12.2. The molecule has 2 aromatic rings. The van der Waals surface area contributed by atoms with E-state index in [0.717, 1.165) is 6.20 Å². The molecule has 2 N–H and O–H groups in total. The van der Waals surface area contributed by atoms with E-state index in [9.17, 15) is 18.3 Å². The Bertz CT molecular complexity index is 708. The number of halogens is 3. The van der Waals surface area contributed by atoms with Crippen molar-refractivity contribution in [1.82, 2.24) is 4.98 Å². The fourth-order valence-corrected chi connectivity index (χ4v) is 2.60. The Balaban J connectivity index is 1.46. The zero-order valence-corrected chi connectivity index (χ0v) is 13.0. The van der Waals surface area contributed by atoms with Crippen LogP contribution in [0.25, 0.3) is 0 Å². The van der Waals surface area contributed by atoms with Crippen LogP contribution in [0.2, 0.25) is 0 Å². The van der Waals surface area contributed by atoms with Crippen LogP contribution in [-0.2, 0) is 6.18 Å². The smallest absolute Gasteiger partial charge is 0.427 e. The first-order valence-corrected chi connectivity index (χ1v) is 7.71. The molecule has 6 nitrogen and oxygen atoms in total. The van der Waals surface area contributed by atoms with Crippen molar-refractivity contribution in [3.63, 3.8) is 0 Å². The van der Waals surface area contributed by atoms with Gasteiger partial charge < -0.3 is 24.6 Å². The van der Waals surface area contributed by atoms with Crippen LogP contribution in [0, 0.1) is 0 Å². The molecule has 0 fully saturated rings. The van der Waals surface area contributed by atoms with E-state index in [1.165, 1.54) is 0 Å². The van der Waals surface area contributed by atoms with E-state index in [1.807, 2.05) is 0 Å². The standard InChI is InChI=1S/C14H13F3N2O4S/c15-14(16,17)12-5-19-13(24-12)18-4-8(20)6-21-9-1-2-10-11(3-9)23-7-22-10/h1-3,5,8,20H,4,6-7H2,(H,18,19). The number of ether oxygens (including phenoxy) is 3. The highest BCUT2D eigenvalue weighted by Crippen LogP contribution is 2.36. The Morgan fingerprint density at radius 2 is 2.12 bits per heavy atom. The van der Waals surface area contributed by atoms with E-state index in [4.69, 9.17) is 14.2 Å². The summed E-state index contributed by atoms with van der Waals surface area (Å²) >= 11 is 0.480. The molecule has 0 radical (unpaired) electrons. The number of aromatic nitrogens is 1. The van der Waals surface area contributed by atoms with Crippen LogP contribution < -0.4 is 19.5 Å². The van der Waals surface area contributed by atoms with E-state index in [1.54, 1.807) is 18.2 Å². The fraction of sp³-hybridized carbons (Fsp3) is 0.357. The molecule has 2 heterocycles. The predicted molar refractivity (Wildman–Crippen MR) is 79.7 cm³/mol. The van der Waals surface area contributed by atoms with Crippen molar-refractivity contribution >= 4 is 16.5 Å². The van der Waals surface area contributed by atoms with Crippen molar-refractivity contribution < 1.29 is 32.5 Å². The van der Waals surface area contributed by atoms with E-state index in [0.29, 0.717) is 28.6 Å². The summed E-state index contributed by atoms with van der Waals surface area (Å²) in [6.45, 7) is 0.124. The molecule has 0 spiro atoms. The average Bonchev–Trinajstić information content (AvgIpc) is 3.18. The SMILES string of the molecule is OC(CNc1ncc(C(F)(F)F)s1)COc1ccc2c(c1)OCO2. The molecular weight excluding hydrogens is 349 g/mol. The lowest BCUT2D eigenvalue weighted by Crippen LogP contribution is -2.26. The first-order chi connectivity index (χ1) is 11.4. The van der Waals surface area contributed by atoms with Crippen molar-refractivity contribution in [3.05, 3.63) is 29.3 Å². The largest absolute Gasteiger partial charge is 0.491 e. The summed E-state index contributed by atoms with van der Waals surface area (Å²) in [7, 11) is 0. The van der Waals surface area contributed by atoms with Crippen molar-refractivity contribution in [1.29, 1.82) is 0 Å². The molecule has 1 aromatic heterocycles. The molecule has 0 saturated carbocycles. The first-order valence-electron chi connectivity index (χ1n) is 6.89. The summed E-state index contributed by atoms with van der Waals surface area (Å²) in [5.74, 6) is 1.67. The second-order valence-electron chi connectivity index (χ2n) is 4.89. The van der Waals surface area contributed by atoms with Crippen LogP contribution in [0.5, 0.6) is 17.2 Å². The molecule has 0 amide bonds. The van der Waals surface area contributed by atoms with Crippen LogP contribution in [0.4, 0.5) is 18.3 Å². The Kier molecular flexibility index (Phi) is 4.67. The van der Waals surface area contributed by atoms with Crippen LogP contribution in [0.3, 0.4) is 0 Å². The lowest BCUT2D eigenvalue weighted by Gasteiger charge is -2.13. The second kappa shape index (κ2) is 6.73. The Morgan fingerprint density at radius 1 is 1.33 bits per heavy atom. The second-order valence-corrected chi connectivity index (χ2v) is 5.92. The topological polar surface area (TPSA) is 72.8 Å². The van der Waals surface area contributed by atoms with Crippen molar-refractivity contribution in [3.8, 4) is 17.2 Å². The monoisotopic (exact) mass is 362 g/mol. The molecule has 130 valence electrons. The van der Waals surface area contributed by atoms with Gasteiger partial charge in [0, 0.05) is 12.6 Å². The Morgan fingerprint density at radius 3 is 2.88 bits per heavy atom. The number of nitrogens with one attached hydrogen (secondary N) is 1. The van der Waals surface area contributed by atoms with Gasteiger partial charge in [0.15, 0.2) is 16.6 Å². The third kappa shape index (κ3) is 4.01. The van der Waals surface area contributed by atoms with Gasteiger partial charge in [0.05, 0.1) is 6.20 Å². The minimum absolute atomic E-state index is 0.00929. The van der Waals surface area contributed by atoms with Gasteiger partial charge in [-0.2, -0.15) is 13.2 Å². The molecule has 1 aliphatic heterocycles. The number of nitrogens with zero attached hydrogens (tertiary/aromatic N) is 1. The van der Waals surface area contributed by atoms with Crippen LogP contribution in [0.15, 0.2) is 24.4 Å². The molecule has 0 aliphatic carbocycles. The summed E-state index contributed by atoms with van der Waals surface area (Å²) in [6.07, 6.45) is -4.59. The van der Waals surface area contributed by atoms with Crippen LogP contribution in [-0.4, -0.2) is 36.1 Å². The van der Waals surface area contributed by atoms with E-state index in [2.05, 4.69) is 10.3 Å². The molecule has 10 heteroatoms. The van der Waals surface area contributed by atoms with Gasteiger partial charge in [0.25, 0.3) is 0 Å². The maximum Gasteiger partial charge on any atom is 0.427 e. The molecule has 3 rings (SSSR count). The molecule has 1 unspecified atom stereocenters. The third-order valence-corrected chi connectivity index (χ3v) is 4.06. The summed E-state index contributed by atoms with van der Waals surface area (Å²) in [4.78, 5) is 2.82. The van der Waals surface area contributed by atoms with Gasteiger partial charge in [0.1, 0.15) is 23.3 Å². The summed E-state index contributed by atoms with van der Waals surface area (Å²) in [5, 5.41) is 12.6. The number of aliphatic hydroxyl groups excluding tert-OH is 1. The normalized spacial score (nSPS) is 14.5. The molecule has 24 heavy (non-hydrogen) atoms. The van der Waals surface area contributed by atoms with Gasteiger partial charge in [-0.05, 0) is 12.1 Å². The first kappa shape index (κ1) is 16.7. The van der Waals surface area contributed by atoms with Crippen LogP contribution in [0.1, 0.15) is 4.88 Å². The molecule has 1 aliphatic rings. The highest BCUT2D eigenvalue weighted by molar-refractivity contribution is 7.15. The molecule has 0 bridgehead atoms. The quantitative estimate of drug-likeness (QED) is 0.823. The number of alkyl halides is 3. The average molecular weight is 362 g/mol. The maximum absolute atomic E-state index is 12.5. The number of hydrogen-bond acceptors (Lipinski definition) is 7. The van der Waals surface area contributed by atoms with Gasteiger partial charge in [0.2, 0.25) is 6.79 Å². The summed E-state index contributed by atoms with van der Waals surface area (Å²) in [6, 6.07) is 5.00. The Labute approximate surface area is 138 Å². The molecule has 1 atom stereocenters. The van der Waals surface area contributed by atoms with Crippen molar-refractivity contribution in [2.75, 3.05) is 25.3 Å². The summed E-state index contributed by atoms with van der Waals surface area (Å²) < 4.78 is 53.2. The Hall–Kier alpha value is -2.20. The number of fused-ring (bicyclic) bond motifs is 1. The summed E-state index contributed by atoms with van der Waals surface area (Å²) in [5.41, 5.74) is 0. The number of hydrogen-bond donors (Lipinski definition) is 2. The van der Waals surface area contributed by atoms with Gasteiger partial charge in [-0.15, -0.1) is 0 Å². The van der Waals surface area contributed by atoms with E-state index in [-0.39, 0.29) is 25.1 Å². The van der Waals surface area contributed by atoms with E-state index >= 15 is 0 Å². The van der Waals surface area contributed by atoms with Crippen LogP contribution >= 0.6 is 11.3 Å². The fourth-order valence-electron chi connectivity index (χ4n) is 1.91. The van der Waals surface area contributed by atoms with Gasteiger partial charge >= 0.3 is 6.18 Å². The number of thiazole rings is 1. The lowest BCUT2D eigenvalue weighted by atomic mass is 10.3. The van der Waals surface area contributed by atoms with Crippen molar-refractivity contribution in [2.24, 2.45) is 0 Å². The lowest BCUT2D eigenvalue weighted by molar-refractivity contribution is -0.134. The van der Waals surface area contributed by atoms with Gasteiger partial charge in [-0.1, -0.05) is 11.3 Å². The predicted octanol–water partition coefficient (Wildman–Crippen LogP) is 2.74. The minimum Gasteiger partial charge on any atom is -0.491 e. The van der Waals surface area contributed by atoms with Gasteiger partial charge in [-0.3, -0.25) is 0 Å². The van der Waals surface area contributed by atoms with E-state index < -0.39 is 17.2 Å².